The maximum atomic E-state index is 8.89. The Morgan fingerprint density at radius 2 is 1.94 bits per heavy atom. The van der Waals surface area contributed by atoms with E-state index in [9.17, 15) is 0 Å². The van der Waals surface area contributed by atoms with E-state index >= 15 is 0 Å². The van der Waals surface area contributed by atoms with Gasteiger partial charge in [0.2, 0.25) is 0 Å². The quantitative estimate of drug-likeness (QED) is 0.817. The van der Waals surface area contributed by atoms with Crippen LogP contribution in [0.25, 0.3) is 0 Å². The molecule has 1 aliphatic carbocycles. The first-order chi connectivity index (χ1) is 7.76. The van der Waals surface area contributed by atoms with Gasteiger partial charge >= 0.3 is 0 Å². The van der Waals surface area contributed by atoms with E-state index in [0.717, 1.165) is 13.0 Å². The summed E-state index contributed by atoms with van der Waals surface area (Å²) in [6, 6.07) is 2.84. The highest BCUT2D eigenvalue weighted by atomic mass is 15.1. The van der Waals surface area contributed by atoms with Crippen molar-refractivity contribution in [2.75, 3.05) is 13.6 Å². The molecule has 0 saturated heterocycles. The van der Waals surface area contributed by atoms with Gasteiger partial charge < -0.3 is 10.6 Å². The van der Waals surface area contributed by atoms with E-state index in [4.69, 9.17) is 11.0 Å². The van der Waals surface area contributed by atoms with Gasteiger partial charge in [-0.1, -0.05) is 13.8 Å². The second-order valence-electron chi connectivity index (χ2n) is 6.66. The molecule has 98 valence electrons. The molecule has 3 heteroatoms. The third-order valence-electron chi connectivity index (χ3n) is 4.17. The fourth-order valence-electron chi connectivity index (χ4n) is 2.47. The van der Waals surface area contributed by atoms with Crippen LogP contribution >= 0.6 is 0 Å². The fourth-order valence-corrected chi connectivity index (χ4v) is 2.47. The number of hydrogen-bond acceptors (Lipinski definition) is 3. The zero-order valence-electron chi connectivity index (χ0n) is 11.8. The summed E-state index contributed by atoms with van der Waals surface area (Å²) in [5.74, 6) is 0. The third kappa shape index (κ3) is 4.65. The normalized spacial score (nSPS) is 24.3. The lowest BCUT2D eigenvalue weighted by molar-refractivity contribution is 0.123. The van der Waals surface area contributed by atoms with E-state index < -0.39 is 5.54 Å². The van der Waals surface area contributed by atoms with Crippen LogP contribution < -0.4 is 5.73 Å². The molecule has 0 aromatic heterocycles. The average molecular weight is 237 g/mol. The molecule has 17 heavy (non-hydrogen) atoms. The second-order valence-corrected chi connectivity index (χ2v) is 6.66. The minimum absolute atomic E-state index is 0.520. The summed E-state index contributed by atoms with van der Waals surface area (Å²) in [5, 5.41) is 8.89. The summed E-state index contributed by atoms with van der Waals surface area (Å²) in [6.07, 6.45) is 5.91. The van der Waals surface area contributed by atoms with E-state index in [1.54, 1.807) is 0 Å². The van der Waals surface area contributed by atoms with Gasteiger partial charge in [-0.2, -0.15) is 5.26 Å². The van der Waals surface area contributed by atoms with Gasteiger partial charge in [0.05, 0.1) is 6.07 Å². The zero-order valence-corrected chi connectivity index (χ0v) is 11.8. The van der Waals surface area contributed by atoms with Crippen LogP contribution in [0.4, 0.5) is 0 Å². The number of rotatable bonds is 4. The van der Waals surface area contributed by atoms with Crippen LogP contribution in [-0.2, 0) is 0 Å². The molecule has 1 unspecified atom stereocenters. The highest BCUT2D eigenvalue weighted by Crippen LogP contribution is 2.36. The molecule has 2 N–H and O–H groups in total. The van der Waals surface area contributed by atoms with Crippen LogP contribution in [0.5, 0.6) is 0 Å². The van der Waals surface area contributed by atoms with Gasteiger partial charge in [-0.15, -0.1) is 0 Å². The molecule has 0 spiro atoms. The van der Waals surface area contributed by atoms with Crippen LogP contribution in [0.15, 0.2) is 0 Å². The summed E-state index contributed by atoms with van der Waals surface area (Å²) in [6.45, 7) is 7.45. The lowest BCUT2D eigenvalue weighted by Gasteiger charge is -2.39. The van der Waals surface area contributed by atoms with E-state index in [0.29, 0.717) is 11.5 Å². The van der Waals surface area contributed by atoms with Crippen molar-refractivity contribution in [3.63, 3.8) is 0 Å². The molecule has 1 fully saturated rings. The standard InChI is InChI=1S/C14H27N3/c1-13(2)7-5-12(6-8-13)17(4)10-9-14(3,16)11-15/h12H,5-10,16H2,1-4H3. The predicted molar refractivity (Wildman–Crippen MR) is 71.5 cm³/mol. The van der Waals surface area contributed by atoms with E-state index in [-0.39, 0.29) is 0 Å². The Hall–Kier alpha value is -0.590. The van der Waals surface area contributed by atoms with Crippen molar-refractivity contribution < 1.29 is 0 Å². The zero-order chi connectivity index (χ0) is 13.1. The summed E-state index contributed by atoms with van der Waals surface area (Å²) in [7, 11) is 2.16. The van der Waals surface area contributed by atoms with Gasteiger partial charge in [-0.25, -0.2) is 0 Å². The Bertz CT molecular complexity index is 278. The topological polar surface area (TPSA) is 53.0 Å². The SMILES string of the molecule is CN(CCC(C)(N)C#N)C1CCC(C)(C)CC1. The molecule has 0 amide bonds. The van der Waals surface area contributed by atoms with E-state index in [1.807, 2.05) is 6.92 Å². The smallest absolute Gasteiger partial charge is 0.102 e. The first-order valence-corrected chi connectivity index (χ1v) is 6.66. The van der Waals surface area contributed by atoms with E-state index in [2.05, 4.69) is 31.9 Å². The van der Waals surface area contributed by atoms with Crippen LogP contribution in [0, 0.1) is 16.7 Å². The summed E-state index contributed by atoms with van der Waals surface area (Å²) in [4.78, 5) is 2.39. The summed E-state index contributed by atoms with van der Waals surface area (Å²) in [5.41, 5.74) is 5.69. The van der Waals surface area contributed by atoms with E-state index in [1.165, 1.54) is 25.7 Å². The van der Waals surface area contributed by atoms with Crippen molar-refractivity contribution in [2.45, 2.75) is 64.5 Å². The molecular weight excluding hydrogens is 210 g/mol. The van der Waals surface area contributed by atoms with Gasteiger partial charge in [-0.3, -0.25) is 0 Å². The molecule has 1 atom stereocenters. The Kier molecular flexibility index (Phi) is 4.57. The van der Waals surface area contributed by atoms with Gasteiger partial charge in [0.1, 0.15) is 5.54 Å². The van der Waals surface area contributed by atoms with Crippen molar-refractivity contribution in [1.29, 1.82) is 5.26 Å². The van der Waals surface area contributed by atoms with Crippen LogP contribution in [0.2, 0.25) is 0 Å². The molecule has 0 bridgehead atoms. The Morgan fingerprint density at radius 1 is 1.41 bits per heavy atom. The van der Waals surface area contributed by atoms with Crippen LogP contribution in [0.1, 0.15) is 52.9 Å². The molecule has 0 aromatic rings. The predicted octanol–water partition coefficient (Wildman–Crippen LogP) is 2.52. The number of nitriles is 1. The lowest BCUT2D eigenvalue weighted by Crippen LogP contribution is -2.42. The molecule has 1 rings (SSSR count). The number of nitrogens with zero attached hydrogens (tertiary/aromatic N) is 2. The molecule has 0 radical (unpaired) electrons. The number of hydrogen-bond donors (Lipinski definition) is 1. The highest BCUT2D eigenvalue weighted by molar-refractivity contribution is 5.01. The molecule has 0 aromatic carbocycles. The first kappa shape index (κ1) is 14.5. The van der Waals surface area contributed by atoms with Gasteiger partial charge in [0.25, 0.3) is 0 Å². The molecule has 3 nitrogen and oxygen atoms in total. The Morgan fingerprint density at radius 3 is 2.41 bits per heavy atom. The van der Waals surface area contributed by atoms with Gasteiger partial charge in [0, 0.05) is 12.6 Å². The van der Waals surface area contributed by atoms with Crippen molar-refractivity contribution in [2.24, 2.45) is 11.1 Å². The third-order valence-corrected chi connectivity index (χ3v) is 4.17. The molecule has 0 aliphatic heterocycles. The highest BCUT2D eigenvalue weighted by Gasteiger charge is 2.29. The maximum Gasteiger partial charge on any atom is 0.102 e. The van der Waals surface area contributed by atoms with Gasteiger partial charge in [0.15, 0.2) is 0 Å². The van der Waals surface area contributed by atoms with Crippen molar-refractivity contribution in [1.82, 2.24) is 4.90 Å². The first-order valence-electron chi connectivity index (χ1n) is 6.66. The molecular formula is C14H27N3. The second kappa shape index (κ2) is 5.37. The lowest BCUT2D eigenvalue weighted by atomic mass is 9.75. The van der Waals surface area contributed by atoms with Crippen molar-refractivity contribution in [3.8, 4) is 6.07 Å². The monoisotopic (exact) mass is 237 g/mol. The summed E-state index contributed by atoms with van der Waals surface area (Å²) < 4.78 is 0. The maximum absolute atomic E-state index is 8.89. The van der Waals surface area contributed by atoms with Crippen molar-refractivity contribution in [3.05, 3.63) is 0 Å². The Balaban J connectivity index is 2.35. The molecule has 1 aliphatic rings. The minimum atomic E-state index is -0.678. The van der Waals surface area contributed by atoms with Gasteiger partial charge in [-0.05, 0) is 51.5 Å². The largest absolute Gasteiger partial charge is 0.314 e. The fraction of sp³-hybridized carbons (Fsp3) is 0.929. The molecule has 1 saturated carbocycles. The van der Waals surface area contributed by atoms with Crippen molar-refractivity contribution >= 4 is 0 Å². The number of nitrogens with two attached hydrogens (primary N) is 1. The molecule has 0 heterocycles. The minimum Gasteiger partial charge on any atom is -0.314 e. The average Bonchev–Trinajstić information content (AvgIpc) is 2.26. The van der Waals surface area contributed by atoms with Crippen LogP contribution in [0.3, 0.4) is 0 Å². The van der Waals surface area contributed by atoms with Crippen LogP contribution in [-0.4, -0.2) is 30.1 Å². The summed E-state index contributed by atoms with van der Waals surface area (Å²) >= 11 is 0. The Labute approximate surface area is 106 Å².